The molecule has 1 aliphatic rings. The largest absolute Gasteiger partial charge is 0.490 e. The molecule has 1 aromatic carbocycles. The zero-order chi connectivity index (χ0) is 12.1. The van der Waals surface area contributed by atoms with Crippen molar-refractivity contribution >= 4 is 0 Å². The quantitative estimate of drug-likeness (QED) is 0.778. The molecule has 17 heavy (non-hydrogen) atoms. The second-order valence-electron chi connectivity index (χ2n) is 4.82. The van der Waals surface area contributed by atoms with E-state index in [0.29, 0.717) is 6.10 Å². The van der Waals surface area contributed by atoms with Crippen molar-refractivity contribution in [2.45, 2.75) is 58.2 Å². The average molecular weight is 233 g/mol. The molecule has 2 rings (SSSR count). The summed E-state index contributed by atoms with van der Waals surface area (Å²) in [6, 6.07) is 9.13. The first-order valence-electron chi connectivity index (χ1n) is 6.81. The van der Waals surface area contributed by atoms with Gasteiger partial charge in [0.15, 0.2) is 0 Å². The summed E-state index contributed by atoms with van der Waals surface area (Å²) < 4.78 is 6.06. The van der Waals surface area contributed by atoms with E-state index < -0.39 is 0 Å². The van der Waals surface area contributed by atoms with Crippen LogP contribution in [-0.4, -0.2) is 12.1 Å². The molecule has 0 aliphatic heterocycles. The van der Waals surface area contributed by atoms with Gasteiger partial charge in [0, 0.05) is 18.2 Å². The molecule has 0 amide bonds. The lowest BCUT2D eigenvalue weighted by Crippen LogP contribution is -2.18. The van der Waals surface area contributed by atoms with E-state index in [1.165, 1.54) is 18.4 Å². The Labute approximate surface area is 104 Å². The van der Waals surface area contributed by atoms with Crippen molar-refractivity contribution in [3.05, 3.63) is 29.8 Å². The van der Waals surface area contributed by atoms with Gasteiger partial charge in [0.05, 0.1) is 6.10 Å². The Morgan fingerprint density at radius 3 is 2.59 bits per heavy atom. The molecule has 1 N–H and O–H groups in total. The van der Waals surface area contributed by atoms with Crippen LogP contribution in [0.15, 0.2) is 24.3 Å². The molecule has 0 spiro atoms. The van der Waals surface area contributed by atoms with Crippen molar-refractivity contribution < 1.29 is 4.74 Å². The monoisotopic (exact) mass is 233 g/mol. The second kappa shape index (κ2) is 6.06. The highest BCUT2D eigenvalue weighted by Crippen LogP contribution is 2.24. The molecule has 94 valence electrons. The summed E-state index contributed by atoms with van der Waals surface area (Å²) in [4.78, 5) is 0. The molecule has 1 aliphatic carbocycles. The zero-order valence-electron chi connectivity index (χ0n) is 10.9. The molecule has 1 aromatic rings. The molecule has 0 unspecified atom stereocenters. The molecule has 0 radical (unpaired) electrons. The molecular weight excluding hydrogens is 210 g/mol. The number of ether oxygens (including phenoxy) is 1. The highest BCUT2D eigenvalue weighted by Gasteiger charge is 2.20. The highest BCUT2D eigenvalue weighted by molar-refractivity contribution is 5.33. The molecule has 2 nitrogen and oxygen atoms in total. The minimum Gasteiger partial charge on any atom is -0.490 e. The van der Waals surface area contributed by atoms with Gasteiger partial charge in [-0.25, -0.2) is 0 Å². The normalized spacial score (nSPS) is 15.2. The van der Waals surface area contributed by atoms with Crippen LogP contribution in [0.25, 0.3) is 0 Å². The number of para-hydroxylation sites is 1. The van der Waals surface area contributed by atoms with Crippen LogP contribution in [0.3, 0.4) is 0 Å². The standard InChI is InChI=1S/C15H23NO/c1-3-14(4-2)17-15-8-6-5-7-12(15)11-16-13-9-10-13/h5-8,13-14,16H,3-4,9-11H2,1-2H3. The maximum atomic E-state index is 6.06. The third kappa shape index (κ3) is 3.74. The van der Waals surface area contributed by atoms with E-state index in [-0.39, 0.29) is 0 Å². The van der Waals surface area contributed by atoms with Gasteiger partial charge in [0.1, 0.15) is 5.75 Å². The summed E-state index contributed by atoms with van der Waals surface area (Å²) >= 11 is 0. The van der Waals surface area contributed by atoms with Crippen LogP contribution in [0.4, 0.5) is 0 Å². The molecule has 1 saturated carbocycles. The van der Waals surface area contributed by atoms with E-state index in [1.807, 2.05) is 0 Å². The van der Waals surface area contributed by atoms with Gasteiger partial charge in [-0.2, -0.15) is 0 Å². The van der Waals surface area contributed by atoms with E-state index in [9.17, 15) is 0 Å². The van der Waals surface area contributed by atoms with Crippen LogP contribution in [-0.2, 0) is 6.54 Å². The zero-order valence-corrected chi connectivity index (χ0v) is 10.9. The number of hydrogen-bond donors (Lipinski definition) is 1. The number of rotatable bonds is 7. The van der Waals surface area contributed by atoms with Crippen LogP contribution in [0, 0.1) is 0 Å². The first-order valence-corrected chi connectivity index (χ1v) is 6.81. The maximum absolute atomic E-state index is 6.06. The van der Waals surface area contributed by atoms with Gasteiger partial charge >= 0.3 is 0 Å². The van der Waals surface area contributed by atoms with Gasteiger partial charge in [-0.3, -0.25) is 0 Å². The Bertz CT molecular complexity index is 343. The summed E-state index contributed by atoms with van der Waals surface area (Å²) in [7, 11) is 0. The average Bonchev–Trinajstić information content (AvgIpc) is 3.18. The summed E-state index contributed by atoms with van der Waals surface area (Å²) in [5.41, 5.74) is 1.28. The van der Waals surface area contributed by atoms with Gasteiger partial charge in [-0.15, -0.1) is 0 Å². The van der Waals surface area contributed by atoms with Gasteiger partial charge in [0.2, 0.25) is 0 Å². The highest BCUT2D eigenvalue weighted by atomic mass is 16.5. The number of nitrogens with one attached hydrogen (secondary N) is 1. The Morgan fingerprint density at radius 1 is 1.24 bits per heavy atom. The molecule has 0 bridgehead atoms. The van der Waals surface area contributed by atoms with Crippen molar-refractivity contribution in [2.75, 3.05) is 0 Å². The fraction of sp³-hybridized carbons (Fsp3) is 0.600. The van der Waals surface area contributed by atoms with Crippen LogP contribution in [0.1, 0.15) is 45.1 Å². The minimum absolute atomic E-state index is 0.345. The van der Waals surface area contributed by atoms with Gasteiger partial charge in [-0.05, 0) is 31.7 Å². The molecule has 0 saturated heterocycles. The van der Waals surface area contributed by atoms with Gasteiger partial charge in [0.25, 0.3) is 0 Å². The molecule has 0 atom stereocenters. The third-order valence-corrected chi connectivity index (χ3v) is 3.34. The van der Waals surface area contributed by atoms with Crippen molar-refractivity contribution in [1.82, 2.24) is 5.32 Å². The first-order chi connectivity index (χ1) is 8.33. The van der Waals surface area contributed by atoms with Crippen LogP contribution >= 0.6 is 0 Å². The van der Waals surface area contributed by atoms with E-state index in [1.54, 1.807) is 0 Å². The van der Waals surface area contributed by atoms with Crippen LogP contribution in [0.2, 0.25) is 0 Å². The smallest absolute Gasteiger partial charge is 0.124 e. The summed E-state index contributed by atoms with van der Waals surface area (Å²) in [6.07, 6.45) is 5.14. The minimum atomic E-state index is 0.345. The Balaban J connectivity index is 1.98. The summed E-state index contributed by atoms with van der Waals surface area (Å²) in [5, 5.41) is 3.54. The van der Waals surface area contributed by atoms with E-state index in [4.69, 9.17) is 4.74 Å². The van der Waals surface area contributed by atoms with Gasteiger partial charge in [-0.1, -0.05) is 32.0 Å². The lowest BCUT2D eigenvalue weighted by atomic mass is 10.1. The number of hydrogen-bond acceptors (Lipinski definition) is 2. The second-order valence-corrected chi connectivity index (χ2v) is 4.82. The fourth-order valence-electron chi connectivity index (χ4n) is 1.94. The van der Waals surface area contributed by atoms with E-state index >= 15 is 0 Å². The predicted molar refractivity (Wildman–Crippen MR) is 71.3 cm³/mol. The third-order valence-electron chi connectivity index (χ3n) is 3.34. The topological polar surface area (TPSA) is 21.3 Å². The summed E-state index contributed by atoms with van der Waals surface area (Å²) in [6.45, 7) is 5.29. The maximum Gasteiger partial charge on any atom is 0.124 e. The molecule has 0 aromatic heterocycles. The first kappa shape index (κ1) is 12.4. The molecule has 0 heterocycles. The SMILES string of the molecule is CCC(CC)Oc1ccccc1CNC1CC1. The molecule has 1 fully saturated rings. The van der Waals surface area contributed by atoms with Crippen molar-refractivity contribution in [3.8, 4) is 5.75 Å². The van der Waals surface area contributed by atoms with Crippen LogP contribution in [0.5, 0.6) is 5.75 Å². The Hall–Kier alpha value is -1.02. The van der Waals surface area contributed by atoms with Crippen molar-refractivity contribution in [3.63, 3.8) is 0 Å². The molecular formula is C15H23NO. The fourth-order valence-corrected chi connectivity index (χ4v) is 1.94. The van der Waals surface area contributed by atoms with Gasteiger partial charge < -0.3 is 10.1 Å². The predicted octanol–water partition coefficient (Wildman–Crippen LogP) is 3.51. The Kier molecular flexibility index (Phi) is 4.43. The van der Waals surface area contributed by atoms with E-state index in [2.05, 4.69) is 43.4 Å². The summed E-state index contributed by atoms with van der Waals surface area (Å²) in [5.74, 6) is 1.05. The van der Waals surface area contributed by atoms with E-state index in [0.717, 1.165) is 31.2 Å². The Morgan fingerprint density at radius 2 is 1.94 bits per heavy atom. The van der Waals surface area contributed by atoms with Crippen molar-refractivity contribution in [2.24, 2.45) is 0 Å². The lowest BCUT2D eigenvalue weighted by Gasteiger charge is -2.18. The molecule has 2 heteroatoms. The van der Waals surface area contributed by atoms with Crippen LogP contribution < -0.4 is 10.1 Å². The lowest BCUT2D eigenvalue weighted by molar-refractivity contribution is 0.190. The number of benzene rings is 1. The van der Waals surface area contributed by atoms with Crippen molar-refractivity contribution in [1.29, 1.82) is 0 Å².